The van der Waals surface area contributed by atoms with Gasteiger partial charge in [-0.1, -0.05) is 50.2 Å². The third kappa shape index (κ3) is 5.20. The topological polar surface area (TPSA) is 42.0 Å². The third-order valence-electron chi connectivity index (χ3n) is 4.09. The molecule has 1 heterocycles. The minimum atomic E-state index is -0.150. The van der Waals surface area contributed by atoms with E-state index in [-0.39, 0.29) is 23.8 Å². The first kappa shape index (κ1) is 17.2. The lowest BCUT2D eigenvalue weighted by Crippen LogP contribution is -2.38. The normalized spacial score (nSPS) is 13.6. The van der Waals surface area contributed by atoms with E-state index in [0.29, 0.717) is 0 Å². The Morgan fingerprint density at radius 3 is 2.43 bits per heavy atom. The highest BCUT2D eigenvalue weighted by molar-refractivity contribution is 5.84. The van der Waals surface area contributed by atoms with Gasteiger partial charge in [0.25, 0.3) is 0 Å². The van der Waals surface area contributed by atoms with Crippen molar-refractivity contribution in [2.45, 2.75) is 45.6 Å². The van der Waals surface area contributed by atoms with Gasteiger partial charge < -0.3 is 5.32 Å². The van der Waals surface area contributed by atoms with Crippen LogP contribution < -0.4 is 5.32 Å². The zero-order chi connectivity index (χ0) is 16.7. The first-order chi connectivity index (χ1) is 11.1. The number of benzene rings is 1. The summed E-state index contributed by atoms with van der Waals surface area (Å²) in [5.74, 6) is 0.178. The maximum absolute atomic E-state index is 12.7. The molecule has 0 saturated carbocycles. The largest absolute Gasteiger partial charge is 0.353 e. The number of carbonyl (C=O) groups is 1. The number of pyridine rings is 1. The van der Waals surface area contributed by atoms with Crippen LogP contribution >= 0.6 is 0 Å². The second-order valence-electron chi connectivity index (χ2n) is 6.44. The van der Waals surface area contributed by atoms with Crippen LogP contribution in [0.4, 0.5) is 0 Å². The quantitative estimate of drug-likeness (QED) is 0.841. The molecule has 3 nitrogen and oxygen atoms in total. The van der Waals surface area contributed by atoms with Crippen molar-refractivity contribution in [1.82, 2.24) is 10.3 Å². The first-order valence-electron chi connectivity index (χ1n) is 8.32. The molecular weight excluding hydrogens is 284 g/mol. The van der Waals surface area contributed by atoms with Gasteiger partial charge in [-0.05, 0) is 42.9 Å². The van der Waals surface area contributed by atoms with E-state index in [2.05, 4.69) is 55.3 Å². The van der Waals surface area contributed by atoms with E-state index < -0.39 is 0 Å². The lowest BCUT2D eigenvalue weighted by molar-refractivity contribution is -0.124. The maximum atomic E-state index is 12.7. The molecule has 0 radical (unpaired) electrons. The fraction of sp³-hybridized carbons (Fsp3) is 0.400. The van der Waals surface area contributed by atoms with Crippen LogP contribution in [0, 0.1) is 5.92 Å². The molecule has 1 aromatic heterocycles. The smallest absolute Gasteiger partial charge is 0.228 e. The number of amides is 1. The molecule has 23 heavy (non-hydrogen) atoms. The van der Waals surface area contributed by atoms with Crippen molar-refractivity contribution < 1.29 is 4.79 Å². The molecule has 1 N–H and O–H groups in total. The summed E-state index contributed by atoms with van der Waals surface area (Å²) in [6, 6.07) is 14.4. The average Bonchev–Trinajstić information content (AvgIpc) is 2.54. The lowest BCUT2D eigenvalue weighted by Gasteiger charge is -2.23. The van der Waals surface area contributed by atoms with Crippen LogP contribution in [0.2, 0.25) is 0 Å². The summed E-state index contributed by atoms with van der Waals surface area (Å²) in [4.78, 5) is 16.8. The lowest BCUT2D eigenvalue weighted by atomic mass is 9.88. The van der Waals surface area contributed by atoms with Crippen molar-refractivity contribution in [2.75, 3.05) is 0 Å². The van der Waals surface area contributed by atoms with Crippen molar-refractivity contribution in [2.24, 2.45) is 5.92 Å². The van der Waals surface area contributed by atoms with Crippen LogP contribution in [0.25, 0.3) is 0 Å². The van der Waals surface area contributed by atoms with Gasteiger partial charge in [0.15, 0.2) is 0 Å². The molecule has 122 valence electrons. The highest BCUT2D eigenvalue weighted by Gasteiger charge is 2.25. The van der Waals surface area contributed by atoms with E-state index >= 15 is 0 Å². The van der Waals surface area contributed by atoms with Crippen LogP contribution in [0.15, 0.2) is 54.9 Å². The van der Waals surface area contributed by atoms with Crippen LogP contribution in [0.3, 0.4) is 0 Å². The van der Waals surface area contributed by atoms with E-state index in [9.17, 15) is 4.79 Å². The summed E-state index contributed by atoms with van der Waals surface area (Å²) >= 11 is 0. The molecule has 3 heteroatoms. The van der Waals surface area contributed by atoms with Gasteiger partial charge in [-0.25, -0.2) is 0 Å². The van der Waals surface area contributed by atoms with Gasteiger partial charge >= 0.3 is 0 Å². The van der Waals surface area contributed by atoms with Crippen molar-refractivity contribution >= 4 is 5.91 Å². The Morgan fingerprint density at radius 2 is 1.83 bits per heavy atom. The second-order valence-corrected chi connectivity index (χ2v) is 6.44. The zero-order valence-corrected chi connectivity index (χ0v) is 14.2. The molecule has 0 fully saturated rings. The van der Waals surface area contributed by atoms with Gasteiger partial charge in [-0.15, -0.1) is 0 Å². The van der Waals surface area contributed by atoms with Gasteiger partial charge in [-0.2, -0.15) is 0 Å². The molecule has 0 unspecified atom stereocenters. The minimum absolute atomic E-state index is 0.0913. The standard InChI is InChI=1S/C20H26N2O/c1-15(2)19(18-10-7-13-21-14-18)20(23)22-16(3)11-12-17-8-5-4-6-9-17/h4-10,13-16,19H,11-12H2,1-3H3,(H,22,23)/t16-,19-/m1/s1. The number of aromatic nitrogens is 1. The number of rotatable bonds is 7. The van der Waals surface area contributed by atoms with Crippen molar-refractivity contribution in [3.63, 3.8) is 0 Å². The molecule has 0 bridgehead atoms. The number of carbonyl (C=O) groups excluding carboxylic acids is 1. The molecule has 0 spiro atoms. The summed E-state index contributed by atoms with van der Waals surface area (Å²) in [6.07, 6.45) is 5.44. The monoisotopic (exact) mass is 310 g/mol. The van der Waals surface area contributed by atoms with E-state index in [1.807, 2.05) is 18.2 Å². The average molecular weight is 310 g/mol. The molecule has 1 amide bonds. The molecule has 2 rings (SSSR count). The summed E-state index contributed by atoms with van der Waals surface area (Å²) < 4.78 is 0. The highest BCUT2D eigenvalue weighted by atomic mass is 16.1. The van der Waals surface area contributed by atoms with Gasteiger partial charge in [0, 0.05) is 18.4 Å². The Hall–Kier alpha value is -2.16. The summed E-state index contributed by atoms with van der Waals surface area (Å²) in [6.45, 7) is 6.22. The third-order valence-corrected chi connectivity index (χ3v) is 4.09. The maximum Gasteiger partial charge on any atom is 0.228 e. The van der Waals surface area contributed by atoms with E-state index in [0.717, 1.165) is 18.4 Å². The highest BCUT2D eigenvalue weighted by Crippen LogP contribution is 2.24. The Morgan fingerprint density at radius 1 is 1.09 bits per heavy atom. The fourth-order valence-corrected chi connectivity index (χ4v) is 2.83. The van der Waals surface area contributed by atoms with E-state index in [1.165, 1.54) is 5.56 Å². The fourth-order valence-electron chi connectivity index (χ4n) is 2.83. The number of aryl methyl sites for hydroxylation is 1. The first-order valence-corrected chi connectivity index (χ1v) is 8.32. The van der Waals surface area contributed by atoms with Crippen LogP contribution in [0.5, 0.6) is 0 Å². The molecule has 0 aliphatic heterocycles. The molecule has 1 aromatic carbocycles. The Bertz CT molecular complexity index is 596. The van der Waals surface area contributed by atoms with Gasteiger partial charge in [0.05, 0.1) is 5.92 Å². The van der Waals surface area contributed by atoms with Crippen LogP contribution in [-0.2, 0) is 11.2 Å². The Kier molecular flexibility index (Phi) is 6.33. The number of hydrogen-bond acceptors (Lipinski definition) is 2. The van der Waals surface area contributed by atoms with Crippen LogP contribution in [-0.4, -0.2) is 16.9 Å². The van der Waals surface area contributed by atoms with Crippen LogP contribution in [0.1, 0.15) is 44.2 Å². The summed E-state index contributed by atoms with van der Waals surface area (Å²) in [5, 5.41) is 3.16. The summed E-state index contributed by atoms with van der Waals surface area (Å²) in [5.41, 5.74) is 2.29. The molecular formula is C20H26N2O. The summed E-state index contributed by atoms with van der Waals surface area (Å²) in [7, 11) is 0. The molecule has 0 saturated heterocycles. The van der Waals surface area contributed by atoms with Crippen molar-refractivity contribution in [3.05, 3.63) is 66.0 Å². The molecule has 0 aliphatic rings. The molecule has 0 aliphatic carbocycles. The van der Waals surface area contributed by atoms with Crippen molar-refractivity contribution in [3.8, 4) is 0 Å². The Balaban J connectivity index is 1.93. The van der Waals surface area contributed by atoms with Gasteiger partial charge in [-0.3, -0.25) is 9.78 Å². The molecule has 2 aromatic rings. The predicted molar refractivity (Wildman–Crippen MR) is 94.2 cm³/mol. The number of nitrogens with zero attached hydrogens (tertiary/aromatic N) is 1. The zero-order valence-electron chi connectivity index (χ0n) is 14.2. The van der Waals surface area contributed by atoms with E-state index in [1.54, 1.807) is 12.4 Å². The van der Waals surface area contributed by atoms with Crippen molar-refractivity contribution in [1.29, 1.82) is 0 Å². The van der Waals surface area contributed by atoms with Gasteiger partial charge in [0.2, 0.25) is 5.91 Å². The Labute approximate surface area is 139 Å². The second kappa shape index (κ2) is 8.47. The predicted octanol–water partition coefficient (Wildman–Crippen LogP) is 3.96. The number of hydrogen-bond donors (Lipinski definition) is 1. The molecule has 2 atom stereocenters. The number of nitrogens with one attached hydrogen (secondary N) is 1. The van der Waals surface area contributed by atoms with E-state index in [4.69, 9.17) is 0 Å². The SMILES string of the molecule is CC(C)[C@@H](C(=O)N[C@H](C)CCc1ccccc1)c1cccnc1. The minimum Gasteiger partial charge on any atom is -0.353 e. The van der Waals surface area contributed by atoms with Gasteiger partial charge in [0.1, 0.15) is 0 Å².